The zero-order valence-corrected chi connectivity index (χ0v) is 13.3. The van der Waals surface area contributed by atoms with Crippen LogP contribution in [0.5, 0.6) is 0 Å². The van der Waals surface area contributed by atoms with Crippen LogP contribution in [0.25, 0.3) is 22.2 Å². The molecule has 5 heteroatoms. The molecule has 0 aliphatic rings. The summed E-state index contributed by atoms with van der Waals surface area (Å²) in [5, 5.41) is 5.04. The van der Waals surface area contributed by atoms with E-state index in [1.165, 1.54) is 0 Å². The predicted octanol–water partition coefficient (Wildman–Crippen LogP) is 3.82. The molecule has 0 spiro atoms. The van der Waals surface area contributed by atoms with Crippen LogP contribution in [0, 0.1) is 0 Å². The van der Waals surface area contributed by atoms with Crippen LogP contribution in [0.3, 0.4) is 0 Å². The Balaban J connectivity index is 1.54. The molecule has 25 heavy (non-hydrogen) atoms. The maximum atomic E-state index is 12.5. The molecule has 2 aromatic carbocycles. The average Bonchev–Trinajstić information content (AvgIpc) is 3.20. The number of benzene rings is 2. The van der Waals surface area contributed by atoms with Gasteiger partial charge < -0.3 is 9.73 Å². The molecule has 0 fully saturated rings. The van der Waals surface area contributed by atoms with E-state index in [0.29, 0.717) is 22.7 Å². The Labute approximate surface area is 144 Å². The Hall–Kier alpha value is -3.47. The van der Waals surface area contributed by atoms with E-state index in [2.05, 4.69) is 15.3 Å². The van der Waals surface area contributed by atoms with Crippen LogP contribution < -0.4 is 5.32 Å². The molecule has 0 unspecified atom stereocenters. The fraction of sp³-hybridized carbons (Fsp3) is 0.0500. The van der Waals surface area contributed by atoms with Crippen LogP contribution in [-0.4, -0.2) is 15.9 Å². The number of rotatable bonds is 4. The van der Waals surface area contributed by atoms with E-state index in [4.69, 9.17) is 4.42 Å². The minimum Gasteiger partial charge on any atom is -0.463 e. The zero-order valence-electron chi connectivity index (χ0n) is 13.3. The number of amides is 1. The van der Waals surface area contributed by atoms with Crippen LogP contribution in [0.2, 0.25) is 0 Å². The number of carbonyl (C=O) groups is 1. The molecule has 122 valence electrons. The maximum Gasteiger partial charge on any atom is 0.251 e. The fourth-order valence-corrected chi connectivity index (χ4v) is 2.71. The number of fused-ring (bicyclic) bond motifs is 1. The van der Waals surface area contributed by atoms with Crippen molar-refractivity contribution in [1.29, 1.82) is 0 Å². The van der Waals surface area contributed by atoms with E-state index < -0.39 is 0 Å². The quantitative estimate of drug-likeness (QED) is 0.618. The summed E-state index contributed by atoms with van der Waals surface area (Å²) in [6, 6.07) is 17.2. The van der Waals surface area contributed by atoms with Gasteiger partial charge in [-0.25, -0.2) is 4.98 Å². The molecule has 0 atom stereocenters. The van der Waals surface area contributed by atoms with Crippen molar-refractivity contribution in [3.63, 3.8) is 0 Å². The van der Waals surface area contributed by atoms with Gasteiger partial charge in [-0.05, 0) is 35.0 Å². The highest BCUT2D eigenvalue weighted by molar-refractivity contribution is 5.98. The molecule has 0 aliphatic carbocycles. The highest BCUT2D eigenvalue weighted by Gasteiger charge is 2.12. The minimum atomic E-state index is -0.151. The number of nitrogens with one attached hydrogen (secondary N) is 1. The van der Waals surface area contributed by atoms with Gasteiger partial charge in [0, 0.05) is 18.0 Å². The lowest BCUT2D eigenvalue weighted by atomic mass is 10.1. The van der Waals surface area contributed by atoms with Crippen LogP contribution in [0.1, 0.15) is 16.1 Å². The summed E-state index contributed by atoms with van der Waals surface area (Å²) in [4.78, 5) is 21.1. The molecule has 2 aromatic heterocycles. The van der Waals surface area contributed by atoms with E-state index in [1.54, 1.807) is 24.7 Å². The van der Waals surface area contributed by atoms with Crippen molar-refractivity contribution in [1.82, 2.24) is 15.3 Å². The number of hydrogen-bond donors (Lipinski definition) is 1. The summed E-state index contributed by atoms with van der Waals surface area (Å²) >= 11 is 0. The Bertz CT molecular complexity index is 1030. The number of carbonyl (C=O) groups excluding carboxylic acids is 1. The van der Waals surface area contributed by atoms with E-state index >= 15 is 0 Å². The summed E-state index contributed by atoms with van der Waals surface area (Å²) in [6.45, 7) is 0.273. The van der Waals surface area contributed by atoms with E-state index in [9.17, 15) is 4.79 Å². The number of nitrogens with zero attached hydrogens (tertiary/aromatic N) is 2. The average molecular weight is 329 g/mol. The van der Waals surface area contributed by atoms with Gasteiger partial charge in [0.25, 0.3) is 5.91 Å². The maximum absolute atomic E-state index is 12.5. The third-order valence-electron chi connectivity index (χ3n) is 3.96. The van der Waals surface area contributed by atoms with Gasteiger partial charge in [-0.15, -0.1) is 0 Å². The summed E-state index contributed by atoms with van der Waals surface area (Å²) < 4.78 is 5.38. The van der Waals surface area contributed by atoms with Crippen molar-refractivity contribution in [3.8, 4) is 11.5 Å². The van der Waals surface area contributed by atoms with Gasteiger partial charge in [0.1, 0.15) is 5.69 Å². The lowest BCUT2D eigenvalue weighted by Gasteiger charge is -2.08. The van der Waals surface area contributed by atoms with Gasteiger partial charge >= 0.3 is 0 Å². The highest BCUT2D eigenvalue weighted by atomic mass is 16.3. The first-order valence-corrected chi connectivity index (χ1v) is 7.92. The normalized spacial score (nSPS) is 10.7. The Morgan fingerprint density at radius 2 is 1.80 bits per heavy atom. The van der Waals surface area contributed by atoms with Crippen LogP contribution in [0.4, 0.5) is 0 Å². The smallest absolute Gasteiger partial charge is 0.251 e. The predicted molar refractivity (Wildman–Crippen MR) is 94.9 cm³/mol. The van der Waals surface area contributed by atoms with Gasteiger partial charge in [-0.1, -0.05) is 30.3 Å². The molecule has 4 aromatic rings. The van der Waals surface area contributed by atoms with E-state index in [-0.39, 0.29) is 12.5 Å². The van der Waals surface area contributed by atoms with Gasteiger partial charge in [0.05, 0.1) is 18.5 Å². The highest BCUT2D eigenvalue weighted by Crippen LogP contribution is 2.20. The first kappa shape index (κ1) is 15.1. The summed E-state index contributed by atoms with van der Waals surface area (Å²) in [5.74, 6) is 0.477. The van der Waals surface area contributed by atoms with Gasteiger partial charge in [-0.2, -0.15) is 0 Å². The van der Waals surface area contributed by atoms with Crippen molar-refractivity contribution >= 4 is 16.7 Å². The fourth-order valence-electron chi connectivity index (χ4n) is 2.71. The van der Waals surface area contributed by atoms with Crippen molar-refractivity contribution < 1.29 is 9.21 Å². The molecule has 2 heterocycles. The second-order valence-electron chi connectivity index (χ2n) is 5.57. The SMILES string of the molecule is O=C(NCc1nccnc1-c1ccco1)c1ccc2ccccc2c1. The molecule has 0 bridgehead atoms. The van der Waals surface area contributed by atoms with Crippen molar-refractivity contribution in [3.05, 3.63) is 84.5 Å². The van der Waals surface area contributed by atoms with Crippen molar-refractivity contribution in [2.75, 3.05) is 0 Å². The molecule has 1 amide bonds. The third-order valence-corrected chi connectivity index (χ3v) is 3.96. The van der Waals surface area contributed by atoms with Crippen LogP contribution >= 0.6 is 0 Å². The van der Waals surface area contributed by atoms with E-state index in [0.717, 1.165) is 10.8 Å². The Morgan fingerprint density at radius 1 is 0.960 bits per heavy atom. The first-order chi connectivity index (χ1) is 12.3. The van der Waals surface area contributed by atoms with E-state index in [1.807, 2.05) is 48.5 Å². The molecule has 1 N–H and O–H groups in total. The molecule has 0 saturated heterocycles. The minimum absolute atomic E-state index is 0.151. The van der Waals surface area contributed by atoms with Crippen molar-refractivity contribution in [2.45, 2.75) is 6.54 Å². The van der Waals surface area contributed by atoms with Crippen LogP contribution in [0.15, 0.2) is 77.7 Å². The second kappa shape index (κ2) is 6.57. The number of aromatic nitrogens is 2. The summed E-state index contributed by atoms with van der Waals surface area (Å²) in [5.41, 5.74) is 1.90. The number of furan rings is 1. The van der Waals surface area contributed by atoms with Gasteiger partial charge in [0.15, 0.2) is 5.76 Å². The molecule has 0 aliphatic heterocycles. The third kappa shape index (κ3) is 3.12. The topological polar surface area (TPSA) is 68.0 Å². The second-order valence-corrected chi connectivity index (χ2v) is 5.57. The molecule has 4 rings (SSSR count). The first-order valence-electron chi connectivity index (χ1n) is 7.92. The van der Waals surface area contributed by atoms with Crippen LogP contribution in [-0.2, 0) is 6.54 Å². The van der Waals surface area contributed by atoms with Crippen molar-refractivity contribution in [2.24, 2.45) is 0 Å². The molecule has 0 radical (unpaired) electrons. The Morgan fingerprint density at radius 3 is 2.64 bits per heavy atom. The standard InChI is InChI=1S/C20H15N3O2/c24-20(16-8-7-14-4-1-2-5-15(14)12-16)23-13-17-19(22-10-9-21-17)18-6-3-11-25-18/h1-12H,13H2,(H,23,24). The molecular weight excluding hydrogens is 314 g/mol. The largest absolute Gasteiger partial charge is 0.463 e. The lowest BCUT2D eigenvalue weighted by molar-refractivity contribution is 0.0950. The molecular formula is C20H15N3O2. The van der Waals surface area contributed by atoms with Gasteiger partial charge in [-0.3, -0.25) is 9.78 Å². The molecule has 5 nitrogen and oxygen atoms in total. The monoisotopic (exact) mass is 329 g/mol. The number of hydrogen-bond acceptors (Lipinski definition) is 4. The lowest BCUT2D eigenvalue weighted by Crippen LogP contribution is -2.23. The summed E-state index contributed by atoms with van der Waals surface area (Å²) in [7, 11) is 0. The summed E-state index contributed by atoms with van der Waals surface area (Å²) in [6.07, 6.45) is 4.79. The molecule has 0 saturated carbocycles. The Kier molecular flexibility index (Phi) is 3.96. The van der Waals surface area contributed by atoms with Gasteiger partial charge in [0.2, 0.25) is 0 Å². The zero-order chi connectivity index (χ0) is 17.1.